The van der Waals surface area contributed by atoms with Crippen molar-refractivity contribution in [2.24, 2.45) is 0 Å². The minimum absolute atomic E-state index is 0.117. The molecule has 4 aromatic rings. The topological polar surface area (TPSA) is 344 Å². The molecule has 0 saturated carbocycles. The first kappa shape index (κ1) is 47.4. The Morgan fingerprint density at radius 1 is 0.692 bits per heavy atom. The van der Waals surface area contributed by atoms with Gasteiger partial charge >= 0.3 is 5.97 Å². The Morgan fingerprint density at radius 3 is 2.03 bits per heavy atom. The van der Waals surface area contributed by atoms with E-state index >= 15 is 0 Å². The second-order valence-electron chi connectivity index (χ2n) is 15.6. The second kappa shape index (κ2) is 19.5. The average Bonchev–Trinajstić information content (AvgIpc) is 3.28. The van der Waals surface area contributed by atoms with E-state index in [0.717, 1.165) is 18.2 Å². The third kappa shape index (κ3) is 9.84. The molecule has 1 aromatic heterocycles. The quantitative estimate of drug-likeness (QED) is 0.0605. The lowest BCUT2D eigenvalue weighted by Crippen LogP contribution is -2.64. The maximum atomic E-state index is 14.1. The number of hydrogen-bond acceptors (Lipinski definition) is 22. The zero-order chi connectivity index (χ0) is 47.0. The highest BCUT2D eigenvalue weighted by molar-refractivity contribution is 5.88. The number of carbonyl (C=O) groups is 1. The van der Waals surface area contributed by atoms with E-state index in [2.05, 4.69) is 0 Å². The van der Waals surface area contributed by atoms with Crippen LogP contribution in [0.3, 0.4) is 0 Å². The monoisotopic (exact) mass is 916 g/mol. The van der Waals surface area contributed by atoms with Crippen molar-refractivity contribution in [2.45, 2.75) is 106 Å². The normalized spacial score (nSPS) is 32.9. The number of aliphatic hydroxyl groups excluding tert-OH is 8. The van der Waals surface area contributed by atoms with Crippen molar-refractivity contribution in [1.29, 1.82) is 0 Å². The first-order valence-electron chi connectivity index (χ1n) is 20.1. The van der Waals surface area contributed by atoms with Crippen LogP contribution in [0.25, 0.3) is 28.4 Å². The molecule has 3 aliphatic rings. The summed E-state index contributed by atoms with van der Waals surface area (Å²) in [4.78, 5) is 26.6. The molecule has 3 saturated heterocycles. The second-order valence-corrected chi connectivity index (χ2v) is 15.6. The third-order valence-corrected chi connectivity index (χ3v) is 11.1. The largest absolute Gasteiger partial charge is 0.508 e. The van der Waals surface area contributed by atoms with Gasteiger partial charge in [0.15, 0.2) is 23.5 Å². The number of phenols is 3. The van der Waals surface area contributed by atoms with Crippen molar-refractivity contribution < 1.29 is 103 Å². The number of aliphatic hydroxyl groups is 8. The maximum Gasteiger partial charge on any atom is 0.330 e. The molecular weight excluding hydrogens is 868 g/mol. The number of aromatic hydroxyl groups is 3. The summed E-state index contributed by atoms with van der Waals surface area (Å²) in [7, 11) is 1.35. The third-order valence-electron chi connectivity index (χ3n) is 11.1. The van der Waals surface area contributed by atoms with E-state index in [1.807, 2.05) is 0 Å². The van der Waals surface area contributed by atoms with E-state index in [1.165, 1.54) is 69.5 Å². The fraction of sp³-hybridized carbons (Fsp3) is 0.442. The highest BCUT2D eigenvalue weighted by Gasteiger charge is 2.51. The van der Waals surface area contributed by atoms with Gasteiger partial charge in [-0.2, -0.15) is 0 Å². The van der Waals surface area contributed by atoms with Crippen LogP contribution in [0.15, 0.2) is 69.9 Å². The van der Waals surface area contributed by atoms with Gasteiger partial charge in [-0.25, -0.2) is 4.79 Å². The molecule has 65 heavy (non-hydrogen) atoms. The van der Waals surface area contributed by atoms with Gasteiger partial charge in [0, 0.05) is 23.8 Å². The lowest BCUT2D eigenvalue weighted by atomic mass is 9.97. The van der Waals surface area contributed by atoms with Crippen molar-refractivity contribution in [1.82, 2.24) is 0 Å². The van der Waals surface area contributed by atoms with Crippen LogP contribution in [-0.4, -0.2) is 168 Å². The highest BCUT2D eigenvalue weighted by atomic mass is 16.7. The SMILES string of the molecule is COc1cc(C=CC(=O)OCC2OC(OC3C(O)C(C)OC(Oc4cc(O)c5c(=O)c(OC6OC(C)C(O)C(O)C6O)c(-c6ccc(O)cc6)oc5c4)C3O)C(O)C(O)C2O)ccc1O. The number of phenolic OH excluding ortho intramolecular Hbond substituents is 3. The Bertz CT molecular complexity index is 2400. The summed E-state index contributed by atoms with van der Waals surface area (Å²) >= 11 is 0. The molecular formula is C43H48O22. The van der Waals surface area contributed by atoms with Crippen LogP contribution >= 0.6 is 0 Å². The number of carbonyl (C=O) groups excluding carboxylic acids is 1. The molecule has 0 radical (unpaired) electrons. The molecule has 22 heteroatoms. The Labute approximate surface area is 367 Å². The fourth-order valence-corrected chi connectivity index (χ4v) is 7.35. The number of ether oxygens (including phenoxy) is 8. The van der Waals surface area contributed by atoms with Gasteiger partial charge in [-0.1, -0.05) is 6.07 Å². The van der Waals surface area contributed by atoms with Crippen LogP contribution in [0, 0.1) is 0 Å². The van der Waals surface area contributed by atoms with Gasteiger partial charge in [0.25, 0.3) is 0 Å². The number of benzene rings is 3. The Kier molecular flexibility index (Phi) is 14.2. The van der Waals surface area contributed by atoms with Gasteiger partial charge in [-0.15, -0.1) is 0 Å². The van der Waals surface area contributed by atoms with E-state index < -0.39 is 127 Å². The molecule has 11 N–H and O–H groups in total. The number of esters is 1. The summed E-state index contributed by atoms with van der Waals surface area (Å²) in [6.07, 6.45) is -22.5. The van der Waals surface area contributed by atoms with E-state index in [4.69, 9.17) is 42.3 Å². The first-order valence-corrected chi connectivity index (χ1v) is 20.1. The molecule has 15 atom stereocenters. The Balaban J connectivity index is 1.09. The van der Waals surface area contributed by atoms with Gasteiger partial charge < -0.3 is 98.5 Å². The van der Waals surface area contributed by atoms with Gasteiger partial charge in [-0.05, 0) is 61.9 Å². The molecule has 0 aliphatic carbocycles. The van der Waals surface area contributed by atoms with E-state index in [9.17, 15) is 65.8 Å². The van der Waals surface area contributed by atoms with Crippen molar-refractivity contribution in [2.75, 3.05) is 13.7 Å². The fourth-order valence-electron chi connectivity index (χ4n) is 7.35. The van der Waals surface area contributed by atoms with Crippen molar-refractivity contribution in [3.63, 3.8) is 0 Å². The summed E-state index contributed by atoms with van der Waals surface area (Å²) in [6.45, 7) is 2.14. The molecule has 0 bridgehead atoms. The molecule has 3 fully saturated rings. The smallest absolute Gasteiger partial charge is 0.330 e. The first-order chi connectivity index (χ1) is 30.9. The molecule has 0 amide bonds. The predicted molar refractivity (Wildman–Crippen MR) is 217 cm³/mol. The standard InChI is InChI=1S/C43H48O22/c1-16-29(48)33(52)35(54)41(59-16)65-40-32(51)28-23(46)13-21(14-25(28)62-38(40)19-6-8-20(44)9-7-19)61-43-37(56)39(30(49)17(2)60-43)64-42-36(55)34(53)31(50)26(63-42)15-58-27(47)11-5-18-4-10-22(45)24(12-18)57-3/h4-14,16-17,26,29-31,33-37,39,41-46,48-50,52-56H,15H2,1-3H3. The summed E-state index contributed by atoms with van der Waals surface area (Å²) in [5.41, 5.74) is -0.669. The van der Waals surface area contributed by atoms with E-state index in [-0.39, 0.29) is 39.9 Å². The van der Waals surface area contributed by atoms with Crippen LogP contribution in [0.1, 0.15) is 19.4 Å². The lowest BCUT2D eigenvalue weighted by molar-refractivity contribution is -0.350. The maximum absolute atomic E-state index is 14.1. The zero-order valence-corrected chi connectivity index (χ0v) is 34.6. The molecule has 3 aliphatic heterocycles. The van der Waals surface area contributed by atoms with Crippen molar-refractivity contribution >= 4 is 23.0 Å². The molecule has 0 spiro atoms. The molecule has 15 unspecified atom stereocenters. The van der Waals surface area contributed by atoms with E-state index in [1.54, 1.807) is 0 Å². The number of methoxy groups -OCH3 is 1. The minimum Gasteiger partial charge on any atom is -0.508 e. The highest BCUT2D eigenvalue weighted by Crippen LogP contribution is 2.39. The van der Waals surface area contributed by atoms with Crippen LogP contribution in [0.4, 0.5) is 0 Å². The minimum atomic E-state index is -1.96. The van der Waals surface area contributed by atoms with Gasteiger partial charge in [0.2, 0.25) is 23.8 Å². The summed E-state index contributed by atoms with van der Waals surface area (Å²) < 4.78 is 50.6. The van der Waals surface area contributed by atoms with Crippen LogP contribution in [0.5, 0.6) is 34.5 Å². The number of fused-ring (bicyclic) bond motifs is 1. The van der Waals surface area contributed by atoms with Gasteiger partial charge in [-0.3, -0.25) is 4.79 Å². The average molecular weight is 917 g/mol. The molecule has 4 heterocycles. The Hall–Kier alpha value is -5.60. The molecule has 22 nitrogen and oxygen atoms in total. The molecule has 3 aromatic carbocycles. The predicted octanol–water partition coefficient (Wildman–Crippen LogP) is -0.913. The summed E-state index contributed by atoms with van der Waals surface area (Å²) in [6, 6.07) is 11.7. The summed E-state index contributed by atoms with van der Waals surface area (Å²) in [5.74, 6) is -2.88. The van der Waals surface area contributed by atoms with Crippen LogP contribution in [0.2, 0.25) is 0 Å². The Morgan fingerprint density at radius 2 is 1.34 bits per heavy atom. The van der Waals surface area contributed by atoms with Gasteiger partial charge in [0.05, 0.1) is 19.3 Å². The van der Waals surface area contributed by atoms with Crippen LogP contribution < -0.4 is 19.6 Å². The molecule has 7 rings (SSSR count). The van der Waals surface area contributed by atoms with E-state index in [0.29, 0.717) is 5.56 Å². The lowest BCUT2D eigenvalue weighted by Gasteiger charge is -2.45. The van der Waals surface area contributed by atoms with Gasteiger partial charge in [0.1, 0.15) is 95.9 Å². The summed E-state index contributed by atoms with van der Waals surface area (Å²) in [5, 5.41) is 116. The van der Waals surface area contributed by atoms with Crippen molar-refractivity contribution in [3.8, 4) is 45.8 Å². The zero-order valence-electron chi connectivity index (χ0n) is 34.6. The van der Waals surface area contributed by atoms with Crippen molar-refractivity contribution in [3.05, 3.63) is 76.5 Å². The molecule has 352 valence electrons. The number of rotatable bonds is 12. The number of hydrogen-bond donors (Lipinski definition) is 11. The van der Waals surface area contributed by atoms with Crippen LogP contribution in [-0.2, 0) is 28.5 Å².